The Morgan fingerprint density at radius 3 is 2.70 bits per heavy atom. The second kappa shape index (κ2) is 5.88. The zero-order chi connectivity index (χ0) is 16.4. The van der Waals surface area contributed by atoms with Crippen molar-refractivity contribution in [1.82, 2.24) is 15.1 Å². The smallest absolute Gasteiger partial charge is 0.258 e. The summed E-state index contributed by atoms with van der Waals surface area (Å²) < 4.78 is 5.27. The lowest BCUT2D eigenvalue weighted by Gasteiger charge is -2.07. The zero-order valence-corrected chi connectivity index (χ0v) is 12.6. The number of benzene rings is 1. The average molecular weight is 310 g/mol. The van der Waals surface area contributed by atoms with Crippen molar-refractivity contribution in [1.29, 1.82) is 0 Å². The summed E-state index contributed by atoms with van der Waals surface area (Å²) in [7, 11) is 0. The number of aryl methyl sites for hydroxylation is 1. The number of pyridine rings is 1. The number of carbonyl (C=O) groups excluding carboxylic acids is 1. The minimum Gasteiger partial charge on any atom is -0.334 e. The van der Waals surface area contributed by atoms with E-state index in [1.807, 2.05) is 19.1 Å². The van der Waals surface area contributed by atoms with E-state index in [9.17, 15) is 9.59 Å². The lowest BCUT2D eigenvalue weighted by Crippen LogP contribution is -2.07. The molecule has 7 nitrogen and oxygen atoms in total. The van der Waals surface area contributed by atoms with Crippen LogP contribution in [0.5, 0.6) is 0 Å². The summed E-state index contributed by atoms with van der Waals surface area (Å²) in [5.41, 5.74) is 2.77. The Morgan fingerprint density at radius 2 is 2.00 bits per heavy atom. The minimum absolute atomic E-state index is 0.148. The molecular formula is C16H14N4O3. The lowest BCUT2D eigenvalue weighted by molar-refractivity contribution is -0.114. The van der Waals surface area contributed by atoms with Gasteiger partial charge in [-0.2, -0.15) is 4.98 Å². The fourth-order valence-corrected chi connectivity index (χ4v) is 2.09. The molecule has 116 valence electrons. The van der Waals surface area contributed by atoms with Gasteiger partial charge in [0.25, 0.3) is 5.89 Å². The van der Waals surface area contributed by atoms with Gasteiger partial charge in [-0.05, 0) is 30.7 Å². The van der Waals surface area contributed by atoms with E-state index in [2.05, 4.69) is 20.4 Å². The highest BCUT2D eigenvalue weighted by Gasteiger charge is 2.12. The molecule has 0 fully saturated rings. The summed E-state index contributed by atoms with van der Waals surface area (Å²) in [6.07, 6.45) is 1.52. The van der Waals surface area contributed by atoms with Gasteiger partial charge >= 0.3 is 0 Å². The van der Waals surface area contributed by atoms with E-state index >= 15 is 0 Å². The monoisotopic (exact) mass is 310 g/mol. The van der Waals surface area contributed by atoms with Gasteiger partial charge in [-0.1, -0.05) is 11.2 Å². The largest absolute Gasteiger partial charge is 0.334 e. The summed E-state index contributed by atoms with van der Waals surface area (Å²) in [5, 5.41) is 6.67. The van der Waals surface area contributed by atoms with Crippen molar-refractivity contribution in [2.45, 2.75) is 13.8 Å². The van der Waals surface area contributed by atoms with Gasteiger partial charge < -0.3 is 14.8 Å². The van der Waals surface area contributed by atoms with Gasteiger partial charge in [0.05, 0.1) is 0 Å². The number of H-pyrrole nitrogens is 1. The van der Waals surface area contributed by atoms with Gasteiger partial charge in [-0.25, -0.2) is 0 Å². The molecule has 0 aliphatic heterocycles. The van der Waals surface area contributed by atoms with E-state index in [0.29, 0.717) is 28.5 Å². The first-order valence-corrected chi connectivity index (χ1v) is 6.94. The predicted octanol–water partition coefficient (Wildman–Crippen LogP) is 2.36. The number of aromatic nitrogens is 3. The normalized spacial score (nSPS) is 10.5. The topological polar surface area (TPSA) is 101 Å². The fourth-order valence-electron chi connectivity index (χ4n) is 2.09. The average Bonchev–Trinajstić information content (AvgIpc) is 2.99. The van der Waals surface area contributed by atoms with E-state index in [0.717, 1.165) is 5.56 Å². The lowest BCUT2D eigenvalue weighted by atomic mass is 10.1. The van der Waals surface area contributed by atoms with Crippen LogP contribution in [-0.4, -0.2) is 21.0 Å². The highest BCUT2D eigenvalue weighted by Crippen LogP contribution is 2.26. The molecule has 0 bridgehead atoms. The number of nitrogens with one attached hydrogen (secondary N) is 2. The Bertz CT molecular complexity index is 907. The highest BCUT2D eigenvalue weighted by atomic mass is 16.5. The third-order valence-electron chi connectivity index (χ3n) is 3.26. The first-order chi connectivity index (χ1) is 11.0. The zero-order valence-electron chi connectivity index (χ0n) is 12.6. The van der Waals surface area contributed by atoms with E-state index in [1.165, 1.54) is 19.2 Å². The molecule has 0 aliphatic rings. The maximum atomic E-state index is 11.2. The van der Waals surface area contributed by atoms with Crippen LogP contribution < -0.4 is 10.9 Å². The van der Waals surface area contributed by atoms with Crippen LogP contribution >= 0.6 is 0 Å². The second-order valence-corrected chi connectivity index (χ2v) is 5.08. The van der Waals surface area contributed by atoms with Gasteiger partial charge in [0.15, 0.2) is 0 Å². The van der Waals surface area contributed by atoms with Crippen molar-refractivity contribution in [3.63, 3.8) is 0 Å². The van der Waals surface area contributed by atoms with Crippen LogP contribution in [0.3, 0.4) is 0 Å². The molecule has 0 atom stereocenters. The van der Waals surface area contributed by atoms with Crippen LogP contribution in [-0.2, 0) is 4.79 Å². The van der Waals surface area contributed by atoms with Crippen LogP contribution in [0.15, 0.2) is 45.8 Å². The number of anilines is 1. The van der Waals surface area contributed by atoms with Crippen molar-refractivity contribution in [2.75, 3.05) is 5.32 Å². The quantitative estimate of drug-likeness (QED) is 0.773. The summed E-state index contributed by atoms with van der Waals surface area (Å²) >= 11 is 0. The van der Waals surface area contributed by atoms with Gasteiger partial charge in [0, 0.05) is 36.0 Å². The molecule has 3 rings (SSSR count). The number of nitrogens with zero attached hydrogens (tertiary/aromatic N) is 2. The summed E-state index contributed by atoms with van der Waals surface area (Å²) in [6, 6.07) is 8.49. The molecule has 2 heterocycles. The van der Waals surface area contributed by atoms with Crippen LogP contribution in [0.1, 0.15) is 12.5 Å². The van der Waals surface area contributed by atoms with Crippen LogP contribution in [0.2, 0.25) is 0 Å². The molecule has 7 heteroatoms. The third-order valence-corrected chi connectivity index (χ3v) is 3.26. The third kappa shape index (κ3) is 3.18. The van der Waals surface area contributed by atoms with Crippen molar-refractivity contribution in [3.05, 3.63) is 52.4 Å². The fraction of sp³-hybridized carbons (Fsp3) is 0.125. The summed E-state index contributed by atoms with van der Waals surface area (Å²) in [6.45, 7) is 3.35. The number of carbonyl (C=O) groups is 1. The van der Waals surface area contributed by atoms with Crippen molar-refractivity contribution in [2.24, 2.45) is 0 Å². The standard InChI is InChI=1S/C16H14N4O3/c1-9-3-4-11(7-13(9)18-10(2)21)16-19-15(20-23-16)12-5-6-14(22)17-8-12/h3-8H,1-2H3,(H,17,22)(H,18,21). The van der Waals surface area contributed by atoms with Gasteiger partial charge in [-0.3, -0.25) is 9.59 Å². The Hall–Kier alpha value is -3.22. The summed E-state index contributed by atoms with van der Waals surface area (Å²) in [4.78, 5) is 29.2. The Labute approximate surface area is 131 Å². The molecule has 2 N–H and O–H groups in total. The highest BCUT2D eigenvalue weighted by molar-refractivity contribution is 5.90. The number of hydrogen-bond donors (Lipinski definition) is 2. The van der Waals surface area contributed by atoms with Crippen molar-refractivity contribution >= 4 is 11.6 Å². The van der Waals surface area contributed by atoms with Gasteiger partial charge in [-0.15, -0.1) is 0 Å². The molecule has 0 aliphatic carbocycles. The van der Waals surface area contributed by atoms with E-state index in [4.69, 9.17) is 4.52 Å². The molecule has 0 spiro atoms. The maximum absolute atomic E-state index is 11.2. The van der Waals surface area contributed by atoms with Crippen molar-refractivity contribution < 1.29 is 9.32 Å². The Morgan fingerprint density at radius 1 is 1.22 bits per heavy atom. The van der Waals surface area contributed by atoms with E-state index in [1.54, 1.807) is 12.1 Å². The van der Waals surface area contributed by atoms with Gasteiger partial charge in [0.2, 0.25) is 17.3 Å². The molecule has 0 radical (unpaired) electrons. The number of aromatic amines is 1. The first-order valence-electron chi connectivity index (χ1n) is 6.94. The molecule has 0 unspecified atom stereocenters. The number of hydrogen-bond acceptors (Lipinski definition) is 5. The molecule has 1 amide bonds. The number of amides is 1. The van der Waals surface area contributed by atoms with Gasteiger partial charge in [0.1, 0.15) is 0 Å². The molecule has 1 aromatic carbocycles. The Kier molecular flexibility index (Phi) is 3.76. The summed E-state index contributed by atoms with van der Waals surface area (Å²) in [5.74, 6) is 0.556. The molecule has 23 heavy (non-hydrogen) atoms. The van der Waals surface area contributed by atoms with E-state index in [-0.39, 0.29) is 11.5 Å². The van der Waals surface area contributed by atoms with Crippen LogP contribution in [0.25, 0.3) is 22.8 Å². The molecule has 0 saturated heterocycles. The van der Waals surface area contributed by atoms with E-state index < -0.39 is 0 Å². The molecule has 2 aromatic heterocycles. The molecular weight excluding hydrogens is 296 g/mol. The van der Waals surface area contributed by atoms with Crippen LogP contribution in [0.4, 0.5) is 5.69 Å². The molecule has 0 saturated carbocycles. The SMILES string of the molecule is CC(=O)Nc1cc(-c2nc(-c3ccc(=O)[nH]c3)no2)ccc1C. The minimum atomic E-state index is -0.198. The maximum Gasteiger partial charge on any atom is 0.258 e. The first kappa shape index (κ1) is 14.7. The number of rotatable bonds is 3. The predicted molar refractivity (Wildman–Crippen MR) is 84.8 cm³/mol. The second-order valence-electron chi connectivity index (χ2n) is 5.08. The Balaban J connectivity index is 1.95. The molecule has 3 aromatic rings. The van der Waals surface area contributed by atoms with Crippen LogP contribution in [0, 0.1) is 6.92 Å². The van der Waals surface area contributed by atoms with Crippen molar-refractivity contribution in [3.8, 4) is 22.8 Å².